The molecule has 0 radical (unpaired) electrons. The van der Waals surface area contributed by atoms with Crippen molar-refractivity contribution in [3.63, 3.8) is 0 Å². The van der Waals surface area contributed by atoms with Crippen LogP contribution in [0.1, 0.15) is 120 Å². The van der Waals surface area contributed by atoms with E-state index in [9.17, 15) is 19.2 Å². The van der Waals surface area contributed by atoms with E-state index < -0.39 is 21.7 Å². The van der Waals surface area contributed by atoms with Gasteiger partial charge in [-0.25, -0.2) is 0 Å². The van der Waals surface area contributed by atoms with E-state index in [-0.39, 0.29) is 52.1 Å². The third-order valence-electron chi connectivity index (χ3n) is 11.1. The Labute approximate surface area is 369 Å². The van der Waals surface area contributed by atoms with E-state index in [1.54, 1.807) is 13.8 Å². The maximum Gasteiger partial charge on any atom is 0.275 e. The van der Waals surface area contributed by atoms with Gasteiger partial charge in [-0.15, -0.1) is 0 Å². The molecule has 0 atom stereocenters. The topological polar surface area (TPSA) is 105 Å². The number of hydrogen-bond donors (Lipinski definition) is 0. The second-order valence-electron chi connectivity index (χ2n) is 15.3. The van der Waals surface area contributed by atoms with Crippen molar-refractivity contribution in [1.29, 1.82) is 0 Å². The molecule has 4 aromatic rings. The summed E-state index contributed by atoms with van der Waals surface area (Å²) in [5.74, 6) is 0.354. The van der Waals surface area contributed by atoms with Gasteiger partial charge in [0.25, 0.3) is 16.3 Å². The number of para-hydroxylation sites is 2. The summed E-state index contributed by atoms with van der Waals surface area (Å²) < 4.78 is 17.7. The van der Waals surface area contributed by atoms with Crippen LogP contribution in [0.15, 0.2) is 73.4 Å². The standard InChI is InChI=1S/C20H23NO3.C14H20N.C8H10O4.C6H15N.HI/c1-5-11-21-15-10-8-7-9-14(15)20(3,4)16(21)12-13-17(22)18(23)19(13)24-6-2;1-5-10-15-11(2)14(3,4)12-8-6-7-9-13(12)15;1-3-11-7-5(9)6(10)8(7)12-4-2;1-4-7(5-2)6-3;/h7-10,12H,5-6,11H2,1-4H3;6-9H,5,10H2,1-4H3;3-4H2,1-2H3;4-6H2,1-3H3;1H/q;+1;;;/p-1. The minimum absolute atomic E-state index is 0. The molecule has 10 nitrogen and oxygen atoms in total. The highest BCUT2D eigenvalue weighted by Gasteiger charge is 2.42. The van der Waals surface area contributed by atoms with E-state index in [1.807, 2.05) is 25.1 Å². The summed E-state index contributed by atoms with van der Waals surface area (Å²) in [7, 11) is 0. The third kappa shape index (κ3) is 11.0. The lowest BCUT2D eigenvalue weighted by Crippen LogP contribution is -3.00. The van der Waals surface area contributed by atoms with Crippen molar-refractivity contribution in [2.24, 2.45) is 0 Å². The van der Waals surface area contributed by atoms with Gasteiger partial charge in [-0.2, -0.15) is 4.58 Å². The van der Waals surface area contributed by atoms with Crippen molar-refractivity contribution in [1.82, 2.24) is 4.90 Å². The van der Waals surface area contributed by atoms with Gasteiger partial charge in [-0.1, -0.05) is 84.9 Å². The summed E-state index contributed by atoms with van der Waals surface area (Å²) in [4.78, 5) is 50.1. The molecule has 6 rings (SSSR count). The van der Waals surface area contributed by atoms with Crippen molar-refractivity contribution >= 4 is 23.2 Å². The number of halogens is 1. The van der Waals surface area contributed by atoms with Gasteiger partial charge in [-0.3, -0.25) is 19.2 Å². The van der Waals surface area contributed by atoms with E-state index in [1.165, 1.54) is 54.3 Å². The van der Waals surface area contributed by atoms with Crippen LogP contribution in [0.2, 0.25) is 0 Å². The maximum atomic E-state index is 12.0. The zero-order valence-corrected chi connectivity index (χ0v) is 40.0. The molecule has 0 N–H and O–H groups in total. The summed E-state index contributed by atoms with van der Waals surface area (Å²) >= 11 is 0. The van der Waals surface area contributed by atoms with Crippen molar-refractivity contribution < 1.29 is 42.8 Å². The Bertz CT molecular complexity index is 2140. The largest absolute Gasteiger partial charge is 1.00 e. The predicted molar refractivity (Wildman–Crippen MR) is 240 cm³/mol. The number of ether oxygens (including phenoxy) is 3. The minimum atomic E-state index is -0.583. The summed E-state index contributed by atoms with van der Waals surface area (Å²) in [5.41, 5.74) is 6.05. The average Bonchev–Trinajstić information content (AvgIpc) is 3.56. The molecular weight excluding hydrogens is 857 g/mol. The molecule has 0 bridgehead atoms. The van der Waals surface area contributed by atoms with Crippen molar-refractivity contribution in [3.8, 4) is 17.2 Å². The second kappa shape index (κ2) is 23.0. The molecule has 4 aromatic carbocycles. The molecular formula is C48H68IN3O7. The van der Waals surface area contributed by atoms with Crippen molar-refractivity contribution in [3.05, 3.63) is 112 Å². The Morgan fingerprint density at radius 3 is 1.58 bits per heavy atom. The monoisotopic (exact) mass is 925 g/mol. The normalized spacial score (nSPS) is 15.0. The van der Waals surface area contributed by atoms with Crippen LogP contribution < -0.4 is 64.8 Å². The number of hydrogen-bond acceptors (Lipinski definition) is 9. The quantitative estimate of drug-likeness (QED) is 0.0966. The van der Waals surface area contributed by atoms with Crippen LogP contribution in [0.3, 0.4) is 0 Å². The SMILES string of the molecule is CCCN1C(=Cc2c(OCC)c(=O)c2=O)C(C)(C)c2ccccc21.CCC[N+]1=C(C)C(C)(C)c2ccccc21.CCN(CC)CC.CCOc1c(OCC)c(=O)c1=O.[I-]. The van der Waals surface area contributed by atoms with Gasteiger partial charge >= 0.3 is 0 Å². The molecule has 0 aliphatic carbocycles. The fraction of sp³-hybridized carbons (Fsp3) is 0.521. The smallest absolute Gasteiger partial charge is 0.275 e. The first-order chi connectivity index (χ1) is 27.6. The zero-order valence-electron chi connectivity index (χ0n) is 37.8. The van der Waals surface area contributed by atoms with E-state index in [0.717, 1.165) is 25.2 Å². The molecule has 0 unspecified atom stereocenters. The van der Waals surface area contributed by atoms with Crippen molar-refractivity contribution in [2.45, 2.75) is 114 Å². The van der Waals surface area contributed by atoms with Crippen LogP contribution in [0.25, 0.3) is 6.08 Å². The van der Waals surface area contributed by atoms with Gasteiger partial charge in [0.05, 0.1) is 30.8 Å². The molecule has 0 aromatic heterocycles. The van der Waals surface area contributed by atoms with Gasteiger partial charge < -0.3 is 48.0 Å². The predicted octanol–water partition coefficient (Wildman–Crippen LogP) is 5.15. The van der Waals surface area contributed by atoms with Crippen LogP contribution in [-0.4, -0.2) is 67.7 Å². The lowest BCUT2D eigenvalue weighted by Gasteiger charge is -2.27. The summed E-state index contributed by atoms with van der Waals surface area (Å²) in [6.45, 7) is 34.1. The van der Waals surface area contributed by atoms with E-state index in [0.29, 0.717) is 25.4 Å². The van der Waals surface area contributed by atoms with E-state index in [2.05, 4.69) is 120 Å². The van der Waals surface area contributed by atoms with Crippen LogP contribution in [-0.2, 0) is 10.8 Å². The molecule has 2 aliphatic heterocycles. The number of anilines is 1. The lowest BCUT2D eigenvalue weighted by atomic mass is 9.82. The Morgan fingerprint density at radius 2 is 1.10 bits per heavy atom. The molecule has 2 heterocycles. The van der Waals surface area contributed by atoms with Gasteiger partial charge in [-0.05, 0) is 78.4 Å². The van der Waals surface area contributed by atoms with E-state index in [4.69, 9.17) is 14.2 Å². The highest BCUT2D eigenvalue weighted by atomic mass is 127. The fourth-order valence-corrected chi connectivity index (χ4v) is 7.54. The van der Waals surface area contributed by atoms with Gasteiger partial charge in [0.2, 0.25) is 22.6 Å². The fourth-order valence-electron chi connectivity index (χ4n) is 7.54. The number of rotatable bonds is 14. The summed E-state index contributed by atoms with van der Waals surface area (Å²) in [6, 6.07) is 17.1. The van der Waals surface area contributed by atoms with Gasteiger partial charge in [0.15, 0.2) is 11.5 Å². The Morgan fingerprint density at radius 1 is 0.627 bits per heavy atom. The van der Waals surface area contributed by atoms with Crippen LogP contribution >= 0.6 is 0 Å². The number of fused-ring (bicyclic) bond motifs is 2. The molecule has 2 aliphatic rings. The number of allylic oxidation sites excluding steroid dienone is 1. The minimum Gasteiger partial charge on any atom is -1.00 e. The van der Waals surface area contributed by atoms with E-state index >= 15 is 0 Å². The average molecular weight is 926 g/mol. The molecule has 0 saturated heterocycles. The zero-order chi connectivity index (χ0) is 43.4. The first kappa shape index (κ1) is 51.0. The van der Waals surface area contributed by atoms with Gasteiger partial charge in [0.1, 0.15) is 6.54 Å². The summed E-state index contributed by atoms with van der Waals surface area (Å²) in [5, 5.41) is 0. The first-order valence-electron chi connectivity index (χ1n) is 21.2. The summed E-state index contributed by atoms with van der Waals surface area (Å²) in [6.07, 6.45) is 4.04. The first-order valence-corrected chi connectivity index (χ1v) is 21.2. The Kier molecular flexibility index (Phi) is 19.9. The molecule has 324 valence electrons. The number of nitrogens with zero attached hydrogens (tertiary/aromatic N) is 3. The van der Waals surface area contributed by atoms with Gasteiger partial charge in [0, 0.05) is 48.3 Å². The van der Waals surface area contributed by atoms with Crippen molar-refractivity contribution in [2.75, 3.05) is 57.4 Å². The molecule has 0 amide bonds. The molecule has 0 spiro atoms. The molecule has 11 heteroatoms. The molecule has 0 saturated carbocycles. The number of benzene rings is 2. The molecule has 59 heavy (non-hydrogen) atoms. The lowest BCUT2D eigenvalue weighted by molar-refractivity contribution is -0.438. The highest BCUT2D eigenvalue weighted by molar-refractivity contribution is 5.93. The Balaban J connectivity index is 0.000000295. The Hall–Kier alpha value is -4.10. The van der Waals surface area contributed by atoms with Crippen LogP contribution in [0, 0.1) is 0 Å². The molecule has 0 fully saturated rings. The highest BCUT2D eigenvalue weighted by Crippen LogP contribution is 2.48. The van der Waals surface area contributed by atoms with Crippen LogP contribution in [0.5, 0.6) is 17.2 Å². The third-order valence-corrected chi connectivity index (χ3v) is 11.1. The van der Waals surface area contributed by atoms with Crippen LogP contribution in [0.4, 0.5) is 11.4 Å². The second-order valence-corrected chi connectivity index (χ2v) is 15.3. The maximum absolute atomic E-state index is 12.0.